The highest BCUT2D eigenvalue weighted by Gasteiger charge is 2.36. The second-order valence-electron chi connectivity index (χ2n) is 4.84. The van der Waals surface area contributed by atoms with Crippen molar-refractivity contribution < 1.29 is 9.15 Å². The van der Waals surface area contributed by atoms with Gasteiger partial charge in [0.25, 0.3) is 0 Å². The Balaban J connectivity index is 1.88. The average Bonchev–Trinajstić information content (AvgIpc) is 2.86. The minimum atomic E-state index is 0.0759. The summed E-state index contributed by atoms with van der Waals surface area (Å²) in [6, 6.07) is 4.12. The van der Waals surface area contributed by atoms with Crippen LogP contribution in [0.1, 0.15) is 31.8 Å². The van der Waals surface area contributed by atoms with Crippen molar-refractivity contribution in [2.45, 2.75) is 44.2 Å². The van der Waals surface area contributed by atoms with Gasteiger partial charge in [0, 0.05) is 12.1 Å². The third kappa shape index (κ3) is 3.06. The van der Waals surface area contributed by atoms with E-state index in [0.717, 1.165) is 36.8 Å². The molecule has 1 saturated heterocycles. The number of thioether (sulfide) groups is 1. The second-order valence-corrected chi connectivity index (χ2v) is 5.70. The highest BCUT2D eigenvalue weighted by molar-refractivity contribution is 7.97. The maximum atomic E-state index is 5.74. The third-order valence-corrected chi connectivity index (χ3v) is 4.13. The van der Waals surface area contributed by atoms with E-state index in [1.165, 1.54) is 0 Å². The molecule has 1 aromatic rings. The molecular weight excluding hydrogens is 234 g/mol. The molecule has 3 nitrogen and oxygen atoms in total. The molecule has 1 N–H and O–H groups in total. The molecule has 2 heterocycles. The lowest BCUT2D eigenvalue weighted by molar-refractivity contribution is 0.0874. The van der Waals surface area contributed by atoms with Crippen LogP contribution >= 0.6 is 11.8 Å². The van der Waals surface area contributed by atoms with E-state index in [1.54, 1.807) is 11.8 Å². The normalized spacial score (nSPS) is 28.8. The third-order valence-electron chi connectivity index (χ3n) is 3.56. The van der Waals surface area contributed by atoms with Crippen LogP contribution < -0.4 is 5.32 Å². The molecule has 0 radical (unpaired) electrons. The lowest BCUT2D eigenvalue weighted by Crippen LogP contribution is -2.47. The maximum absolute atomic E-state index is 5.74. The van der Waals surface area contributed by atoms with Crippen molar-refractivity contribution in [2.75, 3.05) is 12.9 Å². The summed E-state index contributed by atoms with van der Waals surface area (Å²) >= 11 is 1.78. The van der Waals surface area contributed by atoms with Crippen LogP contribution in [0.3, 0.4) is 0 Å². The number of furan rings is 1. The number of hydrogen-bond donors (Lipinski definition) is 1. The van der Waals surface area contributed by atoms with Crippen molar-refractivity contribution in [1.82, 2.24) is 5.32 Å². The molecule has 2 rings (SSSR count). The largest absolute Gasteiger partial charge is 0.464 e. The predicted octanol–water partition coefficient (Wildman–Crippen LogP) is 2.80. The molecule has 0 saturated carbocycles. The molecule has 2 atom stereocenters. The summed E-state index contributed by atoms with van der Waals surface area (Å²) in [5, 5.41) is 3.55. The van der Waals surface area contributed by atoms with Crippen molar-refractivity contribution in [1.29, 1.82) is 0 Å². The Hall–Kier alpha value is -0.450. The summed E-state index contributed by atoms with van der Waals surface area (Å²) < 4.78 is 11.3. The van der Waals surface area contributed by atoms with Gasteiger partial charge in [-0.25, -0.2) is 0 Å². The zero-order valence-electron chi connectivity index (χ0n) is 10.8. The number of ether oxygens (including phenoxy) is 1. The summed E-state index contributed by atoms with van der Waals surface area (Å²) in [5.74, 6) is 3.00. The highest BCUT2D eigenvalue weighted by atomic mass is 32.2. The molecule has 2 unspecified atom stereocenters. The fraction of sp³-hybridized carbons (Fsp3) is 0.692. The van der Waals surface area contributed by atoms with Crippen LogP contribution in [0.2, 0.25) is 0 Å². The van der Waals surface area contributed by atoms with Crippen LogP contribution in [-0.4, -0.2) is 24.5 Å². The Labute approximate surface area is 107 Å². The van der Waals surface area contributed by atoms with Crippen LogP contribution in [-0.2, 0) is 17.0 Å². The highest BCUT2D eigenvalue weighted by Crippen LogP contribution is 2.25. The molecule has 17 heavy (non-hydrogen) atoms. The first kappa shape index (κ1) is 13.0. The van der Waals surface area contributed by atoms with E-state index in [4.69, 9.17) is 9.15 Å². The van der Waals surface area contributed by atoms with Crippen LogP contribution in [0.5, 0.6) is 0 Å². The standard InChI is InChI=1S/C13H21NO2S/c1-10-13(2,6-7-15-10)14-8-11-4-5-12(16-11)9-17-3/h4-5,10,14H,6-9H2,1-3H3. The van der Waals surface area contributed by atoms with E-state index in [0.29, 0.717) is 0 Å². The van der Waals surface area contributed by atoms with Gasteiger partial charge in [-0.1, -0.05) is 0 Å². The van der Waals surface area contributed by atoms with E-state index < -0.39 is 0 Å². The Kier molecular flexibility index (Phi) is 4.17. The smallest absolute Gasteiger partial charge is 0.118 e. The Morgan fingerprint density at radius 3 is 2.88 bits per heavy atom. The molecular formula is C13H21NO2S. The summed E-state index contributed by atoms with van der Waals surface area (Å²) in [6.07, 6.45) is 3.41. The predicted molar refractivity (Wildman–Crippen MR) is 71.2 cm³/mol. The van der Waals surface area contributed by atoms with Crippen LogP contribution in [0.15, 0.2) is 16.5 Å². The molecule has 1 aliphatic heterocycles. The summed E-state index contributed by atoms with van der Waals surface area (Å²) in [6.45, 7) is 5.97. The molecule has 0 spiro atoms. The molecule has 96 valence electrons. The van der Waals surface area contributed by atoms with Crippen molar-refractivity contribution in [2.24, 2.45) is 0 Å². The van der Waals surface area contributed by atoms with Gasteiger partial charge in [-0.15, -0.1) is 0 Å². The van der Waals surface area contributed by atoms with Gasteiger partial charge in [-0.05, 0) is 38.7 Å². The van der Waals surface area contributed by atoms with Gasteiger partial charge in [0.2, 0.25) is 0 Å². The van der Waals surface area contributed by atoms with Crippen LogP contribution in [0.25, 0.3) is 0 Å². The molecule has 0 bridgehead atoms. The summed E-state index contributed by atoms with van der Waals surface area (Å²) in [5.41, 5.74) is 0.0759. The van der Waals surface area contributed by atoms with Crippen LogP contribution in [0, 0.1) is 0 Å². The van der Waals surface area contributed by atoms with Crippen molar-refractivity contribution >= 4 is 11.8 Å². The van der Waals surface area contributed by atoms with Gasteiger partial charge in [-0.3, -0.25) is 0 Å². The summed E-state index contributed by atoms with van der Waals surface area (Å²) in [4.78, 5) is 0. The van der Waals surface area contributed by atoms with E-state index in [2.05, 4.69) is 37.6 Å². The van der Waals surface area contributed by atoms with E-state index in [9.17, 15) is 0 Å². The number of rotatable bonds is 5. The molecule has 1 fully saturated rings. The van der Waals surface area contributed by atoms with Crippen molar-refractivity contribution in [3.63, 3.8) is 0 Å². The lowest BCUT2D eigenvalue weighted by Gasteiger charge is -2.28. The van der Waals surface area contributed by atoms with Gasteiger partial charge in [-0.2, -0.15) is 11.8 Å². The quantitative estimate of drug-likeness (QED) is 0.877. The van der Waals surface area contributed by atoms with Gasteiger partial charge >= 0.3 is 0 Å². The average molecular weight is 255 g/mol. The first-order valence-electron chi connectivity index (χ1n) is 6.07. The molecule has 1 aromatic heterocycles. The first-order valence-corrected chi connectivity index (χ1v) is 7.46. The number of nitrogens with one attached hydrogen (secondary N) is 1. The molecule has 1 aliphatic rings. The zero-order valence-corrected chi connectivity index (χ0v) is 11.6. The second kappa shape index (κ2) is 5.46. The minimum Gasteiger partial charge on any atom is -0.464 e. The lowest BCUT2D eigenvalue weighted by atomic mass is 9.95. The monoisotopic (exact) mass is 255 g/mol. The molecule has 4 heteroatoms. The fourth-order valence-corrected chi connectivity index (χ4v) is 2.53. The zero-order chi connectivity index (χ0) is 12.3. The van der Waals surface area contributed by atoms with Gasteiger partial charge in [0.15, 0.2) is 0 Å². The topological polar surface area (TPSA) is 34.4 Å². The van der Waals surface area contributed by atoms with Gasteiger partial charge in [0.05, 0.1) is 18.4 Å². The minimum absolute atomic E-state index is 0.0759. The van der Waals surface area contributed by atoms with Gasteiger partial charge < -0.3 is 14.5 Å². The Morgan fingerprint density at radius 1 is 1.47 bits per heavy atom. The van der Waals surface area contributed by atoms with E-state index >= 15 is 0 Å². The molecule has 0 aliphatic carbocycles. The van der Waals surface area contributed by atoms with Gasteiger partial charge in [0.1, 0.15) is 11.5 Å². The molecule has 0 amide bonds. The Morgan fingerprint density at radius 2 is 2.24 bits per heavy atom. The summed E-state index contributed by atoms with van der Waals surface area (Å²) in [7, 11) is 0. The Bertz CT molecular complexity index is 366. The van der Waals surface area contributed by atoms with E-state index in [-0.39, 0.29) is 11.6 Å². The SMILES string of the molecule is CSCc1ccc(CNC2(C)CCOC2C)o1. The van der Waals surface area contributed by atoms with Crippen molar-refractivity contribution in [3.8, 4) is 0 Å². The fourth-order valence-electron chi connectivity index (χ4n) is 2.09. The maximum Gasteiger partial charge on any atom is 0.118 e. The first-order chi connectivity index (χ1) is 8.14. The number of hydrogen-bond acceptors (Lipinski definition) is 4. The van der Waals surface area contributed by atoms with E-state index in [1.807, 2.05) is 0 Å². The van der Waals surface area contributed by atoms with Crippen LogP contribution in [0.4, 0.5) is 0 Å². The molecule has 0 aromatic carbocycles. The van der Waals surface area contributed by atoms with Crippen molar-refractivity contribution in [3.05, 3.63) is 23.7 Å².